The first-order valence-corrected chi connectivity index (χ1v) is 7.86. The van der Waals surface area contributed by atoms with Gasteiger partial charge in [0.1, 0.15) is 5.75 Å². The molecule has 1 unspecified atom stereocenters. The van der Waals surface area contributed by atoms with Crippen LogP contribution in [0.3, 0.4) is 0 Å². The summed E-state index contributed by atoms with van der Waals surface area (Å²) in [5.41, 5.74) is 0.263. The molecule has 0 aliphatic heterocycles. The Morgan fingerprint density at radius 2 is 2.05 bits per heavy atom. The Kier molecular flexibility index (Phi) is 6.13. The number of hydrogen-bond donors (Lipinski definition) is 2. The van der Waals surface area contributed by atoms with Crippen LogP contribution in [0.2, 0.25) is 0 Å². The molecule has 1 atom stereocenters. The minimum atomic E-state index is -3.84. The van der Waals surface area contributed by atoms with Crippen molar-refractivity contribution in [3.05, 3.63) is 18.2 Å². The van der Waals surface area contributed by atoms with Gasteiger partial charge in [-0.25, -0.2) is 13.6 Å². The van der Waals surface area contributed by atoms with Crippen LogP contribution in [-0.2, 0) is 19.6 Å². The van der Waals surface area contributed by atoms with Crippen LogP contribution < -0.4 is 15.2 Å². The summed E-state index contributed by atoms with van der Waals surface area (Å²) in [5, 5.41) is 7.68. The van der Waals surface area contributed by atoms with Gasteiger partial charge in [-0.2, -0.15) is 0 Å². The normalized spacial score (nSPS) is 12.8. The number of rotatable bonds is 7. The molecule has 0 bridgehead atoms. The first-order chi connectivity index (χ1) is 9.77. The molecule has 1 amide bonds. The number of anilines is 1. The van der Waals surface area contributed by atoms with Gasteiger partial charge in [-0.05, 0) is 31.5 Å². The number of sulfonamides is 1. The molecule has 0 radical (unpaired) electrons. The van der Waals surface area contributed by atoms with Crippen molar-refractivity contribution in [2.24, 2.45) is 5.14 Å². The van der Waals surface area contributed by atoms with E-state index in [1.54, 1.807) is 7.11 Å². The number of benzene rings is 1. The SMILES string of the molecule is COc1ccc(S(N)(=O)=O)cc1NC(=O)CCC(C)OC. The predicted octanol–water partition coefficient (Wildman–Crippen LogP) is 1.10. The summed E-state index contributed by atoms with van der Waals surface area (Å²) in [6, 6.07) is 4.02. The maximum atomic E-state index is 11.9. The van der Waals surface area contributed by atoms with E-state index in [9.17, 15) is 13.2 Å². The minimum absolute atomic E-state index is 0.0339. The summed E-state index contributed by atoms with van der Waals surface area (Å²) >= 11 is 0. The second kappa shape index (κ2) is 7.39. The molecule has 0 aliphatic rings. The van der Waals surface area contributed by atoms with Gasteiger partial charge >= 0.3 is 0 Å². The Morgan fingerprint density at radius 1 is 1.38 bits per heavy atom. The summed E-state index contributed by atoms with van der Waals surface area (Å²) in [5.74, 6) is 0.0966. The summed E-state index contributed by atoms with van der Waals surface area (Å²) in [6.07, 6.45) is 0.769. The molecule has 1 aromatic carbocycles. The van der Waals surface area contributed by atoms with Gasteiger partial charge in [0.2, 0.25) is 15.9 Å². The number of amides is 1. The molecular formula is C13H20N2O5S. The third kappa shape index (κ3) is 5.33. The number of ether oxygens (including phenoxy) is 2. The molecule has 0 aliphatic carbocycles. The van der Waals surface area contributed by atoms with E-state index in [4.69, 9.17) is 14.6 Å². The van der Waals surface area contributed by atoms with E-state index in [1.165, 1.54) is 25.3 Å². The van der Waals surface area contributed by atoms with Crippen LogP contribution in [0.15, 0.2) is 23.1 Å². The van der Waals surface area contributed by atoms with Gasteiger partial charge in [0.05, 0.1) is 23.8 Å². The molecule has 1 aromatic rings. The van der Waals surface area contributed by atoms with E-state index in [0.29, 0.717) is 12.2 Å². The van der Waals surface area contributed by atoms with Gasteiger partial charge in [0.25, 0.3) is 0 Å². The summed E-state index contributed by atoms with van der Waals surface area (Å²) in [7, 11) is -0.847. The number of methoxy groups -OCH3 is 2. The highest BCUT2D eigenvalue weighted by Crippen LogP contribution is 2.27. The highest BCUT2D eigenvalue weighted by atomic mass is 32.2. The van der Waals surface area contributed by atoms with Crippen molar-refractivity contribution in [3.63, 3.8) is 0 Å². The van der Waals surface area contributed by atoms with Crippen LogP contribution in [-0.4, -0.2) is 34.6 Å². The van der Waals surface area contributed by atoms with Crippen LogP contribution >= 0.6 is 0 Å². The zero-order valence-electron chi connectivity index (χ0n) is 12.3. The zero-order valence-corrected chi connectivity index (χ0v) is 13.1. The van der Waals surface area contributed by atoms with E-state index >= 15 is 0 Å². The van der Waals surface area contributed by atoms with E-state index in [2.05, 4.69) is 5.32 Å². The average molecular weight is 316 g/mol. The molecule has 118 valence electrons. The molecular weight excluding hydrogens is 296 g/mol. The van der Waals surface area contributed by atoms with Gasteiger partial charge in [0, 0.05) is 13.5 Å². The fourth-order valence-electron chi connectivity index (χ4n) is 1.63. The number of primary sulfonamides is 1. The number of hydrogen-bond acceptors (Lipinski definition) is 5. The molecule has 0 aromatic heterocycles. The quantitative estimate of drug-likeness (QED) is 0.783. The van der Waals surface area contributed by atoms with Crippen molar-refractivity contribution >= 4 is 21.6 Å². The Hall–Kier alpha value is -1.64. The van der Waals surface area contributed by atoms with Crippen molar-refractivity contribution in [1.82, 2.24) is 0 Å². The number of nitrogens with one attached hydrogen (secondary N) is 1. The first kappa shape index (κ1) is 17.4. The van der Waals surface area contributed by atoms with Crippen LogP contribution in [0, 0.1) is 0 Å². The van der Waals surface area contributed by atoms with Crippen molar-refractivity contribution < 1.29 is 22.7 Å². The van der Waals surface area contributed by atoms with E-state index < -0.39 is 10.0 Å². The van der Waals surface area contributed by atoms with Gasteiger partial charge in [-0.1, -0.05) is 0 Å². The fraction of sp³-hybridized carbons (Fsp3) is 0.462. The molecule has 0 saturated heterocycles. The predicted molar refractivity (Wildman–Crippen MR) is 78.7 cm³/mol. The van der Waals surface area contributed by atoms with E-state index in [-0.39, 0.29) is 29.0 Å². The highest BCUT2D eigenvalue weighted by Gasteiger charge is 2.14. The lowest BCUT2D eigenvalue weighted by Gasteiger charge is -2.12. The number of carbonyl (C=O) groups excluding carboxylic acids is 1. The molecule has 21 heavy (non-hydrogen) atoms. The van der Waals surface area contributed by atoms with Crippen LogP contribution in [0.25, 0.3) is 0 Å². The van der Waals surface area contributed by atoms with Crippen molar-refractivity contribution in [3.8, 4) is 5.75 Å². The maximum absolute atomic E-state index is 11.9. The summed E-state index contributed by atoms with van der Waals surface area (Å²) in [4.78, 5) is 11.8. The van der Waals surface area contributed by atoms with Gasteiger partial charge in [-0.15, -0.1) is 0 Å². The van der Waals surface area contributed by atoms with Crippen LogP contribution in [0.1, 0.15) is 19.8 Å². The minimum Gasteiger partial charge on any atom is -0.495 e. The van der Waals surface area contributed by atoms with Crippen LogP contribution in [0.5, 0.6) is 5.75 Å². The summed E-state index contributed by atoms with van der Waals surface area (Å²) < 4.78 is 32.8. The third-order valence-electron chi connectivity index (χ3n) is 2.95. The lowest BCUT2D eigenvalue weighted by Crippen LogP contribution is -2.17. The molecule has 0 saturated carbocycles. The molecule has 0 heterocycles. The maximum Gasteiger partial charge on any atom is 0.238 e. The molecule has 0 fully saturated rings. The van der Waals surface area contributed by atoms with E-state index in [1.807, 2.05) is 6.92 Å². The number of nitrogens with two attached hydrogens (primary N) is 1. The molecule has 7 nitrogen and oxygen atoms in total. The lowest BCUT2D eigenvalue weighted by atomic mass is 10.2. The van der Waals surface area contributed by atoms with Crippen molar-refractivity contribution in [2.75, 3.05) is 19.5 Å². The number of carbonyl (C=O) groups is 1. The lowest BCUT2D eigenvalue weighted by molar-refractivity contribution is -0.116. The van der Waals surface area contributed by atoms with E-state index in [0.717, 1.165) is 0 Å². The van der Waals surface area contributed by atoms with Gasteiger partial charge in [-0.3, -0.25) is 4.79 Å². The molecule has 0 spiro atoms. The first-order valence-electron chi connectivity index (χ1n) is 6.31. The zero-order chi connectivity index (χ0) is 16.0. The smallest absolute Gasteiger partial charge is 0.238 e. The largest absolute Gasteiger partial charge is 0.495 e. The van der Waals surface area contributed by atoms with Gasteiger partial charge < -0.3 is 14.8 Å². The second-order valence-corrected chi connectivity index (χ2v) is 6.10. The molecule has 8 heteroatoms. The fourth-order valence-corrected chi connectivity index (χ4v) is 2.17. The molecule has 1 rings (SSSR count). The van der Waals surface area contributed by atoms with Gasteiger partial charge in [0.15, 0.2) is 0 Å². The Morgan fingerprint density at radius 3 is 2.57 bits per heavy atom. The standard InChI is InChI=1S/C13H20N2O5S/c1-9(19-2)4-7-13(16)15-11-8-10(21(14,17)18)5-6-12(11)20-3/h5-6,8-9H,4,7H2,1-3H3,(H,15,16)(H2,14,17,18). The van der Waals surface area contributed by atoms with Crippen LogP contribution in [0.4, 0.5) is 5.69 Å². The average Bonchev–Trinajstić information content (AvgIpc) is 2.43. The molecule has 3 N–H and O–H groups in total. The third-order valence-corrected chi connectivity index (χ3v) is 3.86. The topological polar surface area (TPSA) is 108 Å². The summed E-state index contributed by atoms with van der Waals surface area (Å²) in [6.45, 7) is 1.86. The highest BCUT2D eigenvalue weighted by molar-refractivity contribution is 7.89. The monoisotopic (exact) mass is 316 g/mol. The Labute approximate surface area is 124 Å². The Balaban J connectivity index is 2.88. The Bertz CT molecular complexity index is 601. The van der Waals surface area contributed by atoms with Crippen molar-refractivity contribution in [2.45, 2.75) is 30.8 Å². The second-order valence-electron chi connectivity index (χ2n) is 4.54. The van der Waals surface area contributed by atoms with Crippen molar-refractivity contribution in [1.29, 1.82) is 0 Å².